The largest absolute Gasteiger partial charge is 0.337 e. The molecule has 35 heavy (non-hydrogen) atoms. The minimum absolute atomic E-state index is 0.0163. The fourth-order valence-corrected chi connectivity index (χ4v) is 4.72. The SMILES string of the molecule is Cc1cccc(C(=O)Nc2nc3cccc(C)c3n2C2CCCCN(C(=O)C=CCN(C)C)C2)c1. The Labute approximate surface area is 207 Å². The molecule has 1 unspecified atom stereocenters. The number of fused-ring (bicyclic) bond motifs is 1. The van der Waals surface area contributed by atoms with E-state index in [0.717, 1.165) is 54.5 Å². The Morgan fingerprint density at radius 3 is 2.71 bits per heavy atom. The van der Waals surface area contributed by atoms with Crippen LogP contribution in [0.5, 0.6) is 0 Å². The van der Waals surface area contributed by atoms with Crippen LogP contribution in [0.2, 0.25) is 0 Å². The molecule has 184 valence electrons. The highest BCUT2D eigenvalue weighted by molar-refractivity contribution is 6.04. The van der Waals surface area contributed by atoms with Crippen LogP contribution in [0, 0.1) is 13.8 Å². The molecule has 2 aromatic carbocycles. The highest BCUT2D eigenvalue weighted by Crippen LogP contribution is 2.32. The number of likely N-dealkylation sites (N-methyl/N-ethyl adjacent to an activating group) is 1. The first-order chi connectivity index (χ1) is 16.8. The zero-order valence-corrected chi connectivity index (χ0v) is 21.1. The van der Waals surface area contributed by atoms with Crippen molar-refractivity contribution in [2.45, 2.75) is 39.2 Å². The molecule has 7 heteroatoms. The van der Waals surface area contributed by atoms with Crippen LogP contribution in [0.15, 0.2) is 54.6 Å². The van der Waals surface area contributed by atoms with Gasteiger partial charge in [0.2, 0.25) is 11.9 Å². The highest BCUT2D eigenvalue weighted by atomic mass is 16.2. The summed E-state index contributed by atoms with van der Waals surface area (Å²) >= 11 is 0. The molecule has 1 aliphatic rings. The molecule has 0 bridgehead atoms. The molecule has 1 aliphatic heterocycles. The average molecular weight is 474 g/mol. The maximum atomic E-state index is 13.1. The first-order valence-corrected chi connectivity index (χ1v) is 12.3. The van der Waals surface area contributed by atoms with Crippen molar-refractivity contribution in [3.63, 3.8) is 0 Å². The van der Waals surface area contributed by atoms with Gasteiger partial charge in [0.1, 0.15) is 0 Å². The minimum Gasteiger partial charge on any atom is -0.337 e. The Balaban J connectivity index is 1.68. The van der Waals surface area contributed by atoms with Crippen LogP contribution in [-0.2, 0) is 4.79 Å². The van der Waals surface area contributed by atoms with E-state index in [2.05, 4.69) is 22.9 Å². The van der Waals surface area contributed by atoms with Gasteiger partial charge in [-0.05, 0) is 71.0 Å². The molecule has 7 nitrogen and oxygen atoms in total. The van der Waals surface area contributed by atoms with Crippen LogP contribution in [0.3, 0.4) is 0 Å². The molecule has 2 heterocycles. The van der Waals surface area contributed by atoms with E-state index in [1.165, 1.54) is 0 Å². The molecule has 0 spiro atoms. The lowest BCUT2D eigenvalue weighted by Crippen LogP contribution is -2.35. The number of anilines is 1. The van der Waals surface area contributed by atoms with Crippen LogP contribution >= 0.6 is 0 Å². The summed E-state index contributed by atoms with van der Waals surface area (Å²) in [6.45, 7) is 6.08. The van der Waals surface area contributed by atoms with Crippen molar-refractivity contribution in [3.05, 3.63) is 71.3 Å². The third-order valence-corrected chi connectivity index (χ3v) is 6.47. The molecular weight excluding hydrogens is 438 g/mol. The summed E-state index contributed by atoms with van der Waals surface area (Å²) in [5, 5.41) is 3.07. The average Bonchev–Trinajstić information content (AvgIpc) is 3.01. The molecule has 1 atom stereocenters. The van der Waals surface area contributed by atoms with E-state index < -0.39 is 0 Å². The monoisotopic (exact) mass is 473 g/mol. The van der Waals surface area contributed by atoms with Gasteiger partial charge in [0.25, 0.3) is 5.91 Å². The number of carbonyl (C=O) groups excluding carboxylic acids is 2. The number of amides is 2. The van der Waals surface area contributed by atoms with E-state index >= 15 is 0 Å². The molecule has 1 aromatic heterocycles. The number of hydrogen-bond acceptors (Lipinski definition) is 4. The third kappa shape index (κ3) is 5.80. The fraction of sp³-hybridized carbons (Fsp3) is 0.393. The van der Waals surface area contributed by atoms with Crippen LogP contribution < -0.4 is 5.32 Å². The van der Waals surface area contributed by atoms with E-state index in [1.807, 2.05) is 73.3 Å². The predicted molar refractivity (Wildman–Crippen MR) is 141 cm³/mol. The topological polar surface area (TPSA) is 70.5 Å². The number of rotatable bonds is 6. The van der Waals surface area contributed by atoms with E-state index in [9.17, 15) is 9.59 Å². The number of imidazole rings is 1. The Bertz CT molecular complexity index is 1240. The van der Waals surface area contributed by atoms with Crippen LogP contribution in [0.1, 0.15) is 46.8 Å². The Morgan fingerprint density at radius 1 is 1.14 bits per heavy atom. The molecule has 3 aromatic rings. The number of nitrogens with zero attached hydrogens (tertiary/aromatic N) is 4. The van der Waals surface area contributed by atoms with Crippen molar-refractivity contribution in [2.24, 2.45) is 0 Å². The van der Waals surface area contributed by atoms with Crippen molar-refractivity contribution >= 4 is 28.8 Å². The highest BCUT2D eigenvalue weighted by Gasteiger charge is 2.27. The molecule has 0 saturated carbocycles. The smallest absolute Gasteiger partial charge is 0.257 e. The zero-order valence-electron chi connectivity index (χ0n) is 21.1. The van der Waals surface area contributed by atoms with Gasteiger partial charge in [-0.15, -0.1) is 0 Å². The number of likely N-dealkylation sites (tertiary alicyclic amines) is 1. The number of para-hydroxylation sites is 1. The number of carbonyl (C=O) groups is 2. The maximum absolute atomic E-state index is 13.1. The second-order valence-corrected chi connectivity index (χ2v) is 9.67. The molecule has 0 aliphatic carbocycles. The normalized spacial score (nSPS) is 16.7. The standard InChI is InChI=1S/C28H35N5O2/c1-20-10-7-12-22(18-20)27(35)30-28-29-24-14-8-11-21(2)26(24)33(28)23-13-5-6-17-32(19-23)25(34)15-9-16-31(3)4/h7-12,14-15,18,23H,5-6,13,16-17,19H2,1-4H3,(H,29,30,35). The summed E-state index contributed by atoms with van der Waals surface area (Å²) in [5.41, 5.74) is 4.58. The first-order valence-electron chi connectivity index (χ1n) is 12.3. The van der Waals surface area contributed by atoms with Gasteiger partial charge < -0.3 is 14.4 Å². The molecule has 4 rings (SSSR count). The first kappa shape index (κ1) is 24.7. The van der Waals surface area contributed by atoms with Crippen LogP contribution in [-0.4, -0.2) is 64.9 Å². The van der Waals surface area contributed by atoms with Gasteiger partial charge >= 0.3 is 0 Å². The van der Waals surface area contributed by atoms with Crippen molar-refractivity contribution < 1.29 is 9.59 Å². The van der Waals surface area contributed by atoms with Gasteiger partial charge in [0.15, 0.2) is 0 Å². The van der Waals surface area contributed by atoms with E-state index in [4.69, 9.17) is 4.98 Å². The number of nitrogens with one attached hydrogen (secondary N) is 1. The summed E-state index contributed by atoms with van der Waals surface area (Å²) in [5.74, 6) is 0.379. The lowest BCUT2D eigenvalue weighted by molar-refractivity contribution is -0.126. The number of aromatic nitrogens is 2. The molecular formula is C28H35N5O2. The Kier molecular flexibility index (Phi) is 7.66. The number of benzene rings is 2. The summed E-state index contributed by atoms with van der Waals surface area (Å²) in [7, 11) is 3.96. The van der Waals surface area contributed by atoms with Gasteiger partial charge in [-0.1, -0.05) is 35.9 Å². The van der Waals surface area contributed by atoms with Crippen molar-refractivity contribution in [3.8, 4) is 0 Å². The van der Waals surface area contributed by atoms with Crippen LogP contribution in [0.25, 0.3) is 11.0 Å². The molecule has 1 N–H and O–H groups in total. The van der Waals surface area contributed by atoms with Gasteiger partial charge in [-0.3, -0.25) is 14.9 Å². The molecule has 1 fully saturated rings. The maximum Gasteiger partial charge on any atom is 0.257 e. The van der Waals surface area contributed by atoms with Gasteiger partial charge in [0, 0.05) is 31.3 Å². The van der Waals surface area contributed by atoms with E-state index in [-0.39, 0.29) is 17.9 Å². The van der Waals surface area contributed by atoms with Crippen molar-refractivity contribution in [2.75, 3.05) is 39.0 Å². The predicted octanol–water partition coefficient (Wildman–Crippen LogP) is 4.58. The van der Waals surface area contributed by atoms with Crippen LogP contribution in [0.4, 0.5) is 5.95 Å². The second kappa shape index (κ2) is 10.9. The van der Waals surface area contributed by atoms with E-state index in [0.29, 0.717) is 18.1 Å². The second-order valence-electron chi connectivity index (χ2n) is 9.67. The summed E-state index contributed by atoms with van der Waals surface area (Å²) in [4.78, 5) is 34.9. The Hall–Kier alpha value is -3.45. The Morgan fingerprint density at radius 2 is 1.94 bits per heavy atom. The van der Waals surface area contributed by atoms with Gasteiger partial charge in [-0.25, -0.2) is 4.98 Å². The number of hydrogen-bond donors (Lipinski definition) is 1. The fourth-order valence-electron chi connectivity index (χ4n) is 4.72. The molecule has 0 radical (unpaired) electrons. The van der Waals surface area contributed by atoms with Gasteiger partial charge in [0.05, 0.1) is 17.1 Å². The quantitative estimate of drug-likeness (QED) is 0.532. The zero-order chi connectivity index (χ0) is 24.9. The van der Waals surface area contributed by atoms with Gasteiger partial charge in [-0.2, -0.15) is 0 Å². The summed E-state index contributed by atoms with van der Waals surface area (Å²) in [6.07, 6.45) is 6.47. The summed E-state index contributed by atoms with van der Waals surface area (Å²) < 4.78 is 2.15. The van der Waals surface area contributed by atoms with Crippen molar-refractivity contribution in [1.29, 1.82) is 0 Å². The lowest BCUT2D eigenvalue weighted by Gasteiger charge is -2.26. The number of aryl methyl sites for hydroxylation is 2. The minimum atomic E-state index is -0.184. The third-order valence-electron chi connectivity index (χ3n) is 6.47. The lowest BCUT2D eigenvalue weighted by atomic mass is 10.1. The van der Waals surface area contributed by atoms with Crippen molar-refractivity contribution in [1.82, 2.24) is 19.4 Å². The van der Waals surface area contributed by atoms with E-state index in [1.54, 1.807) is 6.08 Å². The molecule has 2 amide bonds. The summed E-state index contributed by atoms with van der Waals surface area (Å²) in [6, 6.07) is 13.6. The molecule has 1 saturated heterocycles.